The molecule has 1 fully saturated rings. The average Bonchev–Trinajstić information content (AvgIpc) is 2.71. The van der Waals surface area contributed by atoms with Crippen LogP contribution in [0.2, 0.25) is 0 Å². The number of nitrogens with zero attached hydrogens (tertiary/aromatic N) is 1. The van der Waals surface area contributed by atoms with Gasteiger partial charge in [-0.3, -0.25) is 4.99 Å². The van der Waals surface area contributed by atoms with Crippen molar-refractivity contribution in [3.05, 3.63) is 48.0 Å². The van der Waals surface area contributed by atoms with Crippen LogP contribution in [0.4, 0.5) is 0 Å². The molecule has 1 unspecified atom stereocenters. The van der Waals surface area contributed by atoms with Crippen molar-refractivity contribution in [3.8, 4) is 0 Å². The lowest BCUT2D eigenvalue weighted by atomic mass is 9.99. The van der Waals surface area contributed by atoms with Crippen LogP contribution in [0, 0.1) is 0 Å². The van der Waals surface area contributed by atoms with E-state index in [0.717, 1.165) is 38.6 Å². The summed E-state index contributed by atoms with van der Waals surface area (Å²) < 4.78 is 5.77. The van der Waals surface area contributed by atoms with Crippen LogP contribution in [0.5, 0.6) is 0 Å². The van der Waals surface area contributed by atoms with Crippen molar-refractivity contribution >= 4 is 52.5 Å². The van der Waals surface area contributed by atoms with Gasteiger partial charge in [-0.05, 0) is 42.4 Å². The van der Waals surface area contributed by atoms with Crippen LogP contribution in [0.1, 0.15) is 31.4 Å². The fourth-order valence-corrected chi connectivity index (χ4v) is 4.34. The van der Waals surface area contributed by atoms with Crippen LogP contribution >= 0.6 is 35.7 Å². The summed E-state index contributed by atoms with van der Waals surface area (Å²) in [6, 6.07) is 15.2. The third-order valence-corrected chi connectivity index (χ3v) is 6.70. The number of benzene rings is 2. The summed E-state index contributed by atoms with van der Waals surface area (Å²) in [4.78, 5) is 4.44. The van der Waals surface area contributed by atoms with Gasteiger partial charge in [0.15, 0.2) is 5.96 Å². The van der Waals surface area contributed by atoms with Crippen LogP contribution in [0.15, 0.2) is 47.5 Å². The molecule has 1 aliphatic rings. The maximum atomic E-state index is 5.54. The highest BCUT2D eigenvalue weighted by molar-refractivity contribution is 14.0. The molecule has 2 aromatic carbocycles. The first-order valence-electron chi connectivity index (χ1n) is 9.25. The lowest BCUT2D eigenvalue weighted by molar-refractivity contribution is 0.0782. The van der Waals surface area contributed by atoms with Gasteiger partial charge in [0.05, 0.1) is 6.04 Å². The Kier molecular flexibility index (Phi) is 8.69. The molecule has 27 heavy (non-hydrogen) atoms. The van der Waals surface area contributed by atoms with Crippen LogP contribution in [0.3, 0.4) is 0 Å². The second-order valence-electron chi connectivity index (χ2n) is 6.86. The van der Waals surface area contributed by atoms with E-state index < -0.39 is 0 Å². The minimum Gasteiger partial charge on any atom is -0.381 e. The molecule has 0 saturated carbocycles. The summed E-state index contributed by atoms with van der Waals surface area (Å²) in [7, 11) is 1.83. The van der Waals surface area contributed by atoms with Crippen LogP contribution in [-0.4, -0.2) is 43.8 Å². The second-order valence-corrected chi connectivity index (χ2v) is 8.13. The van der Waals surface area contributed by atoms with Crippen LogP contribution in [0.25, 0.3) is 10.8 Å². The van der Waals surface area contributed by atoms with Gasteiger partial charge in [-0.25, -0.2) is 0 Å². The maximum absolute atomic E-state index is 5.54. The number of halogens is 1. The van der Waals surface area contributed by atoms with Gasteiger partial charge in [-0.15, -0.1) is 24.0 Å². The zero-order chi connectivity index (χ0) is 18.4. The minimum absolute atomic E-state index is 0. The van der Waals surface area contributed by atoms with Gasteiger partial charge in [0.2, 0.25) is 0 Å². The monoisotopic (exact) mass is 499 g/mol. The van der Waals surface area contributed by atoms with Crippen molar-refractivity contribution in [2.45, 2.75) is 30.6 Å². The van der Waals surface area contributed by atoms with Crippen LogP contribution in [-0.2, 0) is 4.74 Å². The quantitative estimate of drug-likeness (QED) is 0.359. The topological polar surface area (TPSA) is 45.7 Å². The molecule has 148 valence electrons. The molecule has 1 aliphatic heterocycles. The predicted octanol–water partition coefficient (Wildman–Crippen LogP) is 4.60. The zero-order valence-corrected chi connectivity index (χ0v) is 19.5. The summed E-state index contributed by atoms with van der Waals surface area (Å²) >= 11 is 1.94. The number of aliphatic imine (C=N–C) groups is 1. The third kappa shape index (κ3) is 5.51. The molecular weight excluding hydrogens is 469 g/mol. The number of rotatable bonds is 5. The lowest BCUT2D eigenvalue weighted by Gasteiger charge is -2.36. The highest BCUT2D eigenvalue weighted by Crippen LogP contribution is 2.33. The summed E-state index contributed by atoms with van der Waals surface area (Å²) in [5, 5.41) is 9.65. The van der Waals surface area contributed by atoms with Gasteiger partial charge in [-0.1, -0.05) is 42.5 Å². The van der Waals surface area contributed by atoms with E-state index in [1.807, 2.05) is 18.8 Å². The van der Waals surface area contributed by atoms with Crippen molar-refractivity contribution in [1.29, 1.82) is 0 Å². The first kappa shape index (κ1) is 22.3. The fraction of sp³-hybridized carbons (Fsp3) is 0.476. The third-order valence-electron chi connectivity index (χ3n) is 5.28. The molecule has 0 amide bonds. The Balaban J connectivity index is 0.00000261. The van der Waals surface area contributed by atoms with Crippen molar-refractivity contribution in [2.75, 3.05) is 33.1 Å². The molecule has 1 heterocycles. The molecule has 0 radical (unpaired) electrons. The summed E-state index contributed by atoms with van der Waals surface area (Å²) in [6.45, 7) is 4.79. The van der Waals surface area contributed by atoms with Crippen LogP contribution < -0.4 is 10.6 Å². The van der Waals surface area contributed by atoms with Crippen molar-refractivity contribution in [2.24, 2.45) is 4.99 Å². The van der Waals surface area contributed by atoms with Crippen molar-refractivity contribution < 1.29 is 4.74 Å². The fourth-order valence-electron chi connectivity index (χ4n) is 3.55. The number of guanidine groups is 1. The van der Waals surface area contributed by atoms with E-state index in [0.29, 0.717) is 0 Å². The molecule has 0 bridgehead atoms. The van der Waals surface area contributed by atoms with Crippen molar-refractivity contribution in [1.82, 2.24) is 10.6 Å². The smallest absolute Gasteiger partial charge is 0.191 e. The van der Waals surface area contributed by atoms with Gasteiger partial charge < -0.3 is 15.4 Å². The predicted molar refractivity (Wildman–Crippen MR) is 129 cm³/mol. The van der Waals surface area contributed by atoms with E-state index in [9.17, 15) is 0 Å². The summed E-state index contributed by atoms with van der Waals surface area (Å²) in [6.07, 6.45) is 4.36. The highest BCUT2D eigenvalue weighted by Gasteiger charge is 2.31. The standard InChI is InChI=1S/C21H29N3OS.HI/c1-16(18-10-6-8-17-7-4-5-9-19(17)18)24-20(22-2)23-15-21(26-3)11-13-25-14-12-21;/h4-10,16H,11-15H2,1-3H3,(H2,22,23,24);1H. The molecule has 0 aromatic heterocycles. The molecule has 0 spiro atoms. The van der Waals surface area contributed by atoms with Gasteiger partial charge >= 0.3 is 0 Å². The molecule has 6 heteroatoms. The molecule has 2 aromatic rings. The number of hydrogen-bond acceptors (Lipinski definition) is 3. The van der Waals surface area contributed by atoms with E-state index in [4.69, 9.17) is 4.74 Å². The second kappa shape index (κ2) is 10.5. The van der Waals surface area contributed by atoms with E-state index in [1.165, 1.54) is 16.3 Å². The lowest BCUT2D eigenvalue weighted by Crippen LogP contribution is -2.48. The Bertz CT molecular complexity index is 757. The first-order chi connectivity index (χ1) is 12.7. The largest absolute Gasteiger partial charge is 0.381 e. The Labute approximate surface area is 183 Å². The summed E-state index contributed by atoms with van der Waals surface area (Å²) in [5.41, 5.74) is 1.29. The van der Waals surface area contributed by atoms with Crippen molar-refractivity contribution in [3.63, 3.8) is 0 Å². The van der Waals surface area contributed by atoms with E-state index >= 15 is 0 Å². The zero-order valence-electron chi connectivity index (χ0n) is 16.3. The average molecular weight is 499 g/mol. The molecule has 1 saturated heterocycles. The molecule has 0 aliphatic carbocycles. The molecule has 4 nitrogen and oxygen atoms in total. The van der Waals surface area contributed by atoms with E-state index in [1.54, 1.807) is 0 Å². The SMILES string of the molecule is CN=C(NCC1(SC)CCOCC1)NC(C)c1cccc2ccccc12.I. The first-order valence-corrected chi connectivity index (χ1v) is 10.5. The summed E-state index contributed by atoms with van der Waals surface area (Å²) in [5.74, 6) is 0.852. The molecular formula is C21H30IN3OS. The number of ether oxygens (including phenoxy) is 1. The molecule has 3 rings (SSSR count). The van der Waals surface area contributed by atoms with E-state index in [-0.39, 0.29) is 34.8 Å². The Morgan fingerprint density at radius 3 is 2.59 bits per heavy atom. The van der Waals surface area contributed by atoms with Gasteiger partial charge in [-0.2, -0.15) is 11.8 Å². The van der Waals surface area contributed by atoms with Gasteiger partial charge in [0, 0.05) is 31.6 Å². The minimum atomic E-state index is 0. The van der Waals surface area contributed by atoms with Gasteiger partial charge in [0.25, 0.3) is 0 Å². The van der Waals surface area contributed by atoms with E-state index in [2.05, 4.69) is 71.3 Å². The Hall–Kier alpha value is -0.990. The Morgan fingerprint density at radius 2 is 1.89 bits per heavy atom. The molecule has 2 N–H and O–H groups in total. The maximum Gasteiger partial charge on any atom is 0.191 e. The number of fused-ring (bicyclic) bond motifs is 1. The highest BCUT2D eigenvalue weighted by atomic mass is 127. The van der Waals surface area contributed by atoms with Gasteiger partial charge in [0.1, 0.15) is 0 Å². The number of nitrogens with one attached hydrogen (secondary N) is 2. The molecule has 1 atom stereocenters. The number of thioether (sulfide) groups is 1. The Morgan fingerprint density at radius 1 is 1.19 bits per heavy atom. The normalized spacial score (nSPS) is 17.8. The number of hydrogen-bond donors (Lipinski definition) is 2.